The van der Waals surface area contributed by atoms with E-state index in [1.54, 1.807) is 0 Å². The minimum atomic E-state index is 0.101. The van der Waals surface area contributed by atoms with Gasteiger partial charge in [-0.1, -0.05) is 54.0 Å². The highest BCUT2D eigenvalue weighted by Gasteiger charge is 2.55. The number of carbonyl (C=O) groups is 1. The van der Waals surface area contributed by atoms with Crippen LogP contribution in [0.5, 0.6) is 0 Å². The van der Waals surface area contributed by atoms with Crippen LogP contribution in [0.15, 0.2) is 12.2 Å². The lowest BCUT2D eigenvalue weighted by molar-refractivity contribution is -0.118. The normalized spacial score (nSPS) is 23.0. The minimum Gasteiger partial charge on any atom is -0.349 e. The first-order valence-corrected chi connectivity index (χ1v) is 10.4. The molecule has 1 aliphatic heterocycles. The maximum Gasteiger partial charge on any atom is 0.246 e. The first-order valence-electron chi connectivity index (χ1n) is 10.4. The Kier molecular flexibility index (Phi) is 6.75. The zero-order valence-corrected chi connectivity index (χ0v) is 17.3. The molecule has 25 heavy (non-hydrogen) atoms. The molecule has 1 saturated heterocycles. The third-order valence-electron chi connectivity index (χ3n) is 6.54. The predicted octanol–water partition coefficient (Wildman–Crippen LogP) is 4.78. The van der Waals surface area contributed by atoms with Crippen LogP contribution >= 0.6 is 0 Å². The van der Waals surface area contributed by atoms with E-state index in [9.17, 15) is 4.79 Å². The van der Waals surface area contributed by atoms with E-state index in [1.165, 1.54) is 45.3 Å². The number of piperidine rings is 1. The van der Waals surface area contributed by atoms with Crippen LogP contribution in [-0.2, 0) is 4.79 Å². The Morgan fingerprint density at radius 1 is 1.24 bits per heavy atom. The summed E-state index contributed by atoms with van der Waals surface area (Å²) in [7, 11) is 0. The molecular weight excluding hydrogens is 308 g/mol. The van der Waals surface area contributed by atoms with Crippen molar-refractivity contribution >= 4 is 5.91 Å². The van der Waals surface area contributed by atoms with E-state index in [4.69, 9.17) is 0 Å². The van der Waals surface area contributed by atoms with Gasteiger partial charge in [0.05, 0.1) is 0 Å². The fraction of sp³-hybridized carbons (Fsp3) is 0.864. The summed E-state index contributed by atoms with van der Waals surface area (Å²) in [6.45, 7) is 19.0. The number of nitrogens with one attached hydrogen (secondary N) is 1. The van der Waals surface area contributed by atoms with Crippen LogP contribution in [0.3, 0.4) is 0 Å². The highest BCUT2D eigenvalue weighted by molar-refractivity contribution is 5.93. The van der Waals surface area contributed by atoms with Gasteiger partial charge in [-0.2, -0.15) is 0 Å². The number of nitrogens with zero attached hydrogens (tertiary/aromatic N) is 1. The van der Waals surface area contributed by atoms with Gasteiger partial charge in [-0.05, 0) is 68.5 Å². The Balaban J connectivity index is 1.72. The van der Waals surface area contributed by atoms with Gasteiger partial charge >= 0.3 is 0 Å². The fourth-order valence-electron chi connectivity index (χ4n) is 4.10. The lowest BCUT2D eigenvalue weighted by Crippen LogP contribution is -2.40. The van der Waals surface area contributed by atoms with Gasteiger partial charge in [-0.3, -0.25) is 4.79 Å². The Morgan fingerprint density at radius 3 is 2.36 bits per heavy atom. The smallest absolute Gasteiger partial charge is 0.246 e. The third kappa shape index (κ3) is 5.84. The van der Waals surface area contributed by atoms with Crippen LogP contribution in [-0.4, -0.2) is 36.5 Å². The van der Waals surface area contributed by atoms with Crippen molar-refractivity contribution in [2.45, 2.75) is 85.6 Å². The number of likely N-dealkylation sites (tertiary alicyclic amines) is 1. The predicted molar refractivity (Wildman–Crippen MR) is 107 cm³/mol. The van der Waals surface area contributed by atoms with Crippen LogP contribution < -0.4 is 5.32 Å². The Hall–Kier alpha value is -0.830. The summed E-state index contributed by atoms with van der Waals surface area (Å²) in [5, 5.41) is 3.28. The average molecular weight is 349 g/mol. The summed E-state index contributed by atoms with van der Waals surface area (Å²) in [5.74, 6) is 0.696. The van der Waals surface area contributed by atoms with Gasteiger partial charge in [-0.15, -0.1) is 0 Å². The van der Waals surface area contributed by atoms with Crippen molar-refractivity contribution < 1.29 is 4.79 Å². The molecule has 1 amide bonds. The molecule has 0 radical (unpaired) electrons. The van der Waals surface area contributed by atoms with Crippen molar-refractivity contribution in [2.24, 2.45) is 16.7 Å². The van der Waals surface area contributed by atoms with Crippen molar-refractivity contribution in [3.05, 3.63) is 12.2 Å². The summed E-state index contributed by atoms with van der Waals surface area (Å²) in [4.78, 5) is 15.1. The van der Waals surface area contributed by atoms with Crippen molar-refractivity contribution in [1.29, 1.82) is 0 Å². The minimum absolute atomic E-state index is 0.101. The molecule has 1 spiro atoms. The van der Waals surface area contributed by atoms with E-state index in [-0.39, 0.29) is 5.91 Å². The number of carbonyl (C=O) groups excluding carboxylic acids is 1. The van der Waals surface area contributed by atoms with Crippen LogP contribution in [0.25, 0.3) is 0 Å². The molecule has 0 aromatic carbocycles. The lowest BCUT2D eigenvalue weighted by Gasteiger charge is -2.34. The number of hydrogen-bond donors (Lipinski definition) is 1. The summed E-state index contributed by atoms with van der Waals surface area (Å²) in [6, 6.07) is 0.392. The number of rotatable bonds is 8. The van der Waals surface area contributed by atoms with Crippen molar-refractivity contribution in [1.82, 2.24) is 10.2 Å². The standard InChI is InChI=1S/C22H40N2O/c1-7-18(8-2)15-17(3)20(25)23-19-16-22(19)10-13-24(14-11-22)12-9-21(4,5)6/h18-19H,3,7-16H2,1-2,4-6H3,(H,23,25). The fourth-order valence-corrected chi connectivity index (χ4v) is 4.10. The molecular formula is C22H40N2O. The third-order valence-corrected chi connectivity index (χ3v) is 6.54. The van der Waals surface area contributed by atoms with E-state index in [2.05, 4.69) is 51.4 Å². The highest BCUT2D eigenvalue weighted by atomic mass is 16.1. The Labute approximate surface area is 155 Å². The highest BCUT2D eigenvalue weighted by Crippen LogP contribution is 2.54. The SMILES string of the molecule is C=C(CC(CC)CC)C(=O)NC1CC12CCN(CCC(C)(C)C)CC2. The zero-order valence-electron chi connectivity index (χ0n) is 17.3. The van der Waals surface area contributed by atoms with Gasteiger partial charge in [0, 0.05) is 11.6 Å². The maximum atomic E-state index is 12.4. The molecule has 2 rings (SSSR count). The Morgan fingerprint density at radius 2 is 1.84 bits per heavy atom. The van der Waals surface area contributed by atoms with Gasteiger partial charge < -0.3 is 10.2 Å². The molecule has 3 heteroatoms. The molecule has 0 aromatic heterocycles. The zero-order chi connectivity index (χ0) is 18.7. The molecule has 1 saturated carbocycles. The molecule has 1 heterocycles. The summed E-state index contributed by atoms with van der Waals surface area (Å²) in [6.07, 6.45) is 8.00. The van der Waals surface area contributed by atoms with Gasteiger partial charge in [0.2, 0.25) is 5.91 Å². The summed E-state index contributed by atoms with van der Waals surface area (Å²) < 4.78 is 0. The van der Waals surface area contributed by atoms with Gasteiger partial charge in [0.15, 0.2) is 0 Å². The topological polar surface area (TPSA) is 32.3 Å². The molecule has 144 valence electrons. The molecule has 2 aliphatic rings. The van der Waals surface area contributed by atoms with Crippen LogP contribution in [0.4, 0.5) is 0 Å². The molecule has 1 unspecified atom stereocenters. The summed E-state index contributed by atoms with van der Waals surface area (Å²) >= 11 is 0. The largest absolute Gasteiger partial charge is 0.349 e. The van der Waals surface area contributed by atoms with Crippen molar-refractivity contribution in [3.8, 4) is 0 Å². The quantitative estimate of drug-likeness (QED) is 0.641. The number of hydrogen-bond acceptors (Lipinski definition) is 2. The van der Waals surface area contributed by atoms with Crippen LogP contribution in [0.1, 0.15) is 79.6 Å². The van der Waals surface area contributed by atoms with E-state index in [0.29, 0.717) is 22.8 Å². The second kappa shape index (κ2) is 8.24. The molecule has 1 aliphatic carbocycles. The number of amides is 1. The molecule has 1 atom stereocenters. The monoisotopic (exact) mass is 348 g/mol. The van der Waals surface area contributed by atoms with Crippen LogP contribution in [0, 0.1) is 16.7 Å². The van der Waals surface area contributed by atoms with Crippen molar-refractivity contribution in [3.63, 3.8) is 0 Å². The molecule has 3 nitrogen and oxygen atoms in total. The van der Waals surface area contributed by atoms with Gasteiger partial charge in [0.25, 0.3) is 0 Å². The second-order valence-electron chi connectivity index (χ2n) is 9.74. The van der Waals surface area contributed by atoms with E-state index in [1.807, 2.05) is 0 Å². The van der Waals surface area contributed by atoms with E-state index >= 15 is 0 Å². The van der Waals surface area contributed by atoms with E-state index in [0.717, 1.165) is 24.8 Å². The Bertz CT molecular complexity index is 465. The van der Waals surface area contributed by atoms with Crippen LogP contribution in [0.2, 0.25) is 0 Å². The van der Waals surface area contributed by atoms with Gasteiger partial charge in [0.1, 0.15) is 0 Å². The first kappa shape index (κ1) is 20.5. The lowest BCUT2D eigenvalue weighted by atomic mass is 9.89. The molecule has 2 fully saturated rings. The van der Waals surface area contributed by atoms with Crippen molar-refractivity contribution in [2.75, 3.05) is 19.6 Å². The summed E-state index contributed by atoms with van der Waals surface area (Å²) in [5.41, 5.74) is 1.59. The van der Waals surface area contributed by atoms with E-state index < -0.39 is 0 Å². The van der Waals surface area contributed by atoms with Gasteiger partial charge in [-0.25, -0.2) is 0 Å². The first-order chi connectivity index (χ1) is 11.7. The average Bonchev–Trinajstić information content (AvgIpc) is 3.22. The maximum absolute atomic E-state index is 12.4. The molecule has 0 bridgehead atoms. The second-order valence-corrected chi connectivity index (χ2v) is 9.74. The molecule has 1 N–H and O–H groups in total. The molecule has 0 aromatic rings.